The SMILES string of the molecule is CC(Cn1ccnc1-c1cnc(-c2ccco2)nc1)Oc1cccnc1. The highest BCUT2D eigenvalue weighted by Gasteiger charge is 2.12. The summed E-state index contributed by atoms with van der Waals surface area (Å²) in [7, 11) is 0. The highest BCUT2D eigenvalue weighted by atomic mass is 16.5. The summed E-state index contributed by atoms with van der Waals surface area (Å²) in [5, 5.41) is 0. The van der Waals surface area contributed by atoms with E-state index in [1.165, 1.54) is 0 Å². The number of pyridine rings is 1. The van der Waals surface area contributed by atoms with Gasteiger partial charge in [0, 0.05) is 31.0 Å². The van der Waals surface area contributed by atoms with E-state index in [1.54, 1.807) is 37.2 Å². The van der Waals surface area contributed by atoms with Crippen LogP contribution in [-0.2, 0) is 6.54 Å². The van der Waals surface area contributed by atoms with Gasteiger partial charge in [-0.3, -0.25) is 4.98 Å². The Morgan fingerprint density at radius 3 is 2.69 bits per heavy atom. The smallest absolute Gasteiger partial charge is 0.195 e. The van der Waals surface area contributed by atoms with Crippen LogP contribution in [0.4, 0.5) is 0 Å². The Bertz CT molecular complexity index is 949. The molecule has 4 rings (SSSR count). The largest absolute Gasteiger partial charge is 0.487 e. The fourth-order valence-electron chi connectivity index (χ4n) is 2.66. The van der Waals surface area contributed by atoms with E-state index in [9.17, 15) is 0 Å². The van der Waals surface area contributed by atoms with Gasteiger partial charge in [-0.25, -0.2) is 15.0 Å². The maximum atomic E-state index is 5.89. The maximum Gasteiger partial charge on any atom is 0.195 e. The summed E-state index contributed by atoms with van der Waals surface area (Å²) in [5.74, 6) is 2.72. The highest BCUT2D eigenvalue weighted by molar-refractivity contribution is 5.55. The van der Waals surface area contributed by atoms with E-state index >= 15 is 0 Å². The van der Waals surface area contributed by atoms with Gasteiger partial charge in [0.1, 0.15) is 17.7 Å². The second-order valence-electron chi connectivity index (χ2n) is 5.79. The van der Waals surface area contributed by atoms with Crippen LogP contribution in [-0.4, -0.2) is 30.6 Å². The first-order valence-electron chi connectivity index (χ1n) is 8.24. The molecule has 0 aliphatic carbocycles. The Balaban J connectivity index is 1.50. The van der Waals surface area contributed by atoms with Crippen LogP contribution in [0.5, 0.6) is 5.75 Å². The Labute approximate surface area is 150 Å². The molecule has 4 aromatic heterocycles. The van der Waals surface area contributed by atoms with Crippen molar-refractivity contribution in [2.75, 3.05) is 0 Å². The summed E-state index contributed by atoms with van der Waals surface area (Å²) in [4.78, 5) is 17.2. The van der Waals surface area contributed by atoms with Crippen molar-refractivity contribution in [3.63, 3.8) is 0 Å². The van der Waals surface area contributed by atoms with Gasteiger partial charge in [-0.15, -0.1) is 0 Å². The molecule has 4 heterocycles. The lowest BCUT2D eigenvalue weighted by atomic mass is 10.3. The Morgan fingerprint density at radius 2 is 1.96 bits per heavy atom. The van der Waals surface area contributed by atoms with Crippen LogP contribution < -0.4 is 4.74 Å². The summed E-state index contributed by atoms with van der Waals surface area (Å²) < 4.78 is 13.2. The van der Waals surface area contributed by atoms with Gasteiger partial charge in [-0.05, 0) is 31.2 Å². The molecule has 7 heteroatoms. The second kappa shape index (κ2) is 7.18. The molecule has 0 radical (unpaired) electrons. The van der Waals surface area contributed by atoms with Gasteiger partial charge in [0.25, 0.3) is 0 Å². The number of furan rings is 1. The van der Waals surface area contributed by atoms with Gasteiger partial charge in [-0.1, -0.05) is 0 Å². The lowest BCUT2D eigenvalue weighted by Gasteiger charge is -2.16. The molecular weight excluding hydrogens is 330 g/mol. The van der Waals surface area contributed by atoms with Crippen molar-refractivity contribution < 1.29 is 9.15 Å². The van der Waals surface area contributed by atoms with Crippen molar-refractivity contribution in [1.82, 2.24) is 24.5 Å². The maximum absolute atomic E-state index is 5.89. The van der Waals surface area contributed by atoms with E-state index < -0.39 is 0 Å². The number of hydrogen-bond donors (Lipinski definition) is 0. The number of aromatic nitrogens is 5. The molecule has 130 valence electrons. The predicted molar refractivity (Wildman–Crippen MR) is 95.3 cm³/mol. The first-order valence-corrected chi connectivity index (χ1v) is 8.24. The van der Waals surface area contributed by atoms with E-state index in [0.29, 0.717) is 18.1 Å². The lowest BCUT2D eigenvalue weighted by Crippen LogP contribution is -2.19. The summed E-state index contributed by atoms with van der Waals surface area (Å²) in [6.07, 6.45) is 12.1. The average molecular weight is 347 g/mol. The quantitative estimate of drug-likeness (QED) is 0.531. The van der Waals surface area contributed by atoms with Crippen LogP contribution >= 0.6 is 0 Å². The number of rotatable bonds is 6. The first kappa shape index (κ1) is 16.0. The monoisotopic (exact) mass is 347 g/mol. The Hall–Kier alpha value is -3.48. The molecule has 0 aliphatic rings. The molecule has 0 saturated heterocycles. The molecule has 0 saturated carbocycles. The van der Waals surface area contributed by atoms with Crippen LogP contribution in [0.25, 0.3) is 23.0 Å². The van der Waals surface area contributed by atoms with Crippen LogP contribution in [0.15, 0.2) is 72.1 Å². The average Bonchev–Trinajstić information content (AvgIpc) is 3.35. The second-order valence-corrected chi connectivity index (χ2v) is 5.79. The fraction of sp³-hybridized carbons (Fsp3) is 0.158. The van der Waals surface area contributed by atoms with Crippen molar-refractivity contribution in [1.29, 1.82) is 0 Å². The van der Waals surface area contributed by atoms with Gasteiger partial charge in [0.05, 0.1) is 24.6 Å². The van der Waals surface area contributed by atoms with Gasteiger partial charge >= 0.3 is 0 Å². The number of hydrogen-bond acceptors (Lipinski definition) is 6. The van der Waals surface area contributed by atoms with E-state index in [0.717, 1.165) is 17.1 Å². The van der Waals surface area contributed by atoms with E-state index in [1.807, 2.05) is 42.0 Å². The standard InChI is InChI=1S/C19H17N5O2/c1-14(26-16-4-2-6-20-12-16)13-24-8-7-21-19(24)15-10-22-18(23-11-15)17-5-3-9-25-17/h2-12,14H,13H2,1H3. The van der Waals surface area contributed by atoms with Crippen molar-refractivity contribution in [3.8, 4) is 28.7 Å². The third-order valence-corrected chi connectivity index (χ3v) is 3.79. The van der Waals surface area contributed by atoms with Gasteiger partial charge in [0.2, 0.25) is 0 Å². The van der Waals surface area contributed by atoms with Crippen molar-refractivity contribution in [2.24, 2.45) is 0 Å². The van der Waals surface area contributed by atoms with Gasteiger partial charge in [0.15, 0.2) is 11.6 Å². The third-order valence-electron chi connectivity index (χ3n) is 3.79. The molecule has 0 aliphatic heterocycles. The zero-order valence-corrected chi connectivity index (χ0v) is 14.2. The minimum Gasteiger partial charge on any atom is -0.487 e. The zero-order valence-electron chi connectivity index (χ0n) is 14.2. The highest BCUT2D eigenvalue weighted by Crippen LogP contribution is 2.20. The van der Waals surface area contributed by atoms with Crippen LogP contribution in [0.3, 0.4) is 0 Å². The minimum absolute atomic E-state index is 0.0459. The molecule has 0 amide bonds. The zero-order chi connectivity index (χ0) is 17.8. The van der Waals surface area contributed by atoms with Crippen molar-refractivity contribution in [2.45, 2.75) is 19.6 Å². The molecule has 0 aromatic carbocycles. The fourth-order valence-corrected chi connectivity index (χ4v) is 2.66. The minimum atomic E-state index is -0.0459. The summed E-state index contributed by atoms with van der Waals surface area (Å²) >= 11 is 0. The number of ether oxygens (including phenoxy) is 1. The number of imidazole rings is 1. The molecule has 1 unspecified atom stereocenters. The van der Waals surface area contributed by atoms with Crippen molar-refractivity contribution >= 4 is 0 Å². The molecule has 7 nitrogen and oxygen atoms in total. The Kier molecular flexibility index (Phi) is 4.42. The van der Waals surface area contributed by atoms with Crippen molar-refractivity contribution in [3.05, 3.63) is 67.7 Å². The first-order chi connectivity index (χ1) is 12.8. The molecule has 1 atom stereocenters. The van der Waals surface area contributed by atoms with Crippen LogP contribution in [0, 0.1) is 0 Å². The van der Waals surface area contributed by atoms with Gasteiger partial charge < -0.3 is 13.7 Å². The molecule has 0 spiro atoms. The third kappa shape index (κ3) is 3.46. The topological polar surface area (TPSA) is 78.9 Å². The summed E-state index contributed by atoms with van der Waals surface area (Å²) in [6, 6.07) is 7.37. The molecule has 26 heavy (non-hydrogen) atoms. The lowest BCUT2D eigenvalue weighted by molar-refractivity contribution is 0.199. The summed E-state index contributed by atoms with van der Waals surface area (Å²) in [6.45, 7) is 2.65. The molecule has 0 N–H and O–H groups in total. The molecule has 0 bridgehead atoms. The van der Waals surface area contributed by atoms with E-state index in [2.05, 4.69) is 19.9 Å². The molecule has 4 aromatic rings. The van der Waals surface area contributed by atoms with Gasteiger partial charge in [-0.2, -0.15) is 0 Å². The molecular formula is C19H17N5O2. The normalized spacial score (nSPS) is 12.0. The van der Waals surface area contributed by atoms with E-state index in [-0.39, 0.29) is 6.10 Å². The predicted octanol–water partition coefficient (Wildman–Crippen LogP) is 3.46. The molecule has 0 fully saturated rings. The van der Waals surface area contributed by atoms with Crippen LogP contribution in [0.1, 0.15) is 6.92 Å². The Morgan fingerprint density at radius 1 is 1.08 bits per heavy atom. The summed E-state index contributed by atoms with van der Waals surface area (Å²) in [5.41, 5.74) is 0.832. The van der Waals surface area contributed by atoms with E-state index in [4.69, 9.17) is 9.15 Å². The van der Waals surface area contributed by atoms with Crippen LogP contribution in [0.2, 0.25) is 0 Å². The number of nitrogens with zero attached hydrogens (tertiary/aromatic N) is 5.